The zero-order valence-electron chi connectivity index (χ0n) is 17.5. The molecule has 30 heavy (non-hydrogen) atoms. The van der Waals surface area contributed by atoms with Gasteiger partial charge in [0.1, 0.15) is 6.04 Å². The Morgan fingerprint density at radius 2 is 2.07 bits per heavy atom. The number of carboxylic acid groups (broad SMARTS) is 1. The lowest BCUT2D eigenvalue weighted by Gasteiger charge is -2.26. The third-order valence-electron chi connectivity index (χ3n) is 5.53. The van der Waals surface area contributed by atoms with Gasteiger partial charge >= 0.3 is 5.97 Å². The molecule has 6 nitrogen and oxygen atoms in total. The molecule has 162 valence electrons. The Hall–Kier alpha value is -2.09. The minimum Gasteiger partial charge on any atom is -0.480 e. The number of aliphatic carboxylic acids is 1. The number of nitrogens with zero attached hydrogens (tertiary/aromatic N) is 1. The molecule has 7 heteroatoms. The first-order valence-electron chi connectivity index (χ1n) is 10.5. The zero-order chi connectivity index (χ0) is 21.3. The second-order valence-corrected chi connectivity index (χ2v) is 8.83. The molecule has 3 rings (SSSR count). The molecule has 1 fully saturated rings. The van der Waals surface area contributed by atoms with Crippen LogP contribution in [0.3, 0.4) is 0 Å². The number of carbonyl (C=O) groups is 2. The van der Waals surface area contributed by atoms with Gasteiger partial charge in [-0.2, -0.15) is 11.8 Å². The van der Waals surface area contributed by atoms with Crippen LogP contribution in [-0.2, 0) is 16.1 Å². The van der Waals surface area contributed by atoms with Crippen molar-refractivity contribution in [2.75, 3.05) is 31.6 Å². The van der Waals surface area contributed by atoms with Crippen LogP contribution in [0.1, 0.15) is 24.8 Å². The quantitative estimate of drug-likeness (QED) is 0.510. The van der Waals surface area contributed by atoms with Gasteiger partial charge in [-0.1, -0.05) is 42.5 Å². The van der Waals surface area contributed by atoms with E-state index < -0.39 is 12.0 Å². The maximum Gasteiger partial charge on any atom is 0.326 e. The Balaban J connectivity index is 1.71. The summed E-state index contributed by atoms with van der Waals surface area (Å²) in [6.07, 6.45) is 4.60. The Morgan fingerprint density at radius 1 is 1.27 bits per heavy atom. The van der Waals surface area contributed by atoms with Crippen molar-refractivity contribution in [2.45, 2.75) is 37.9 Å². The minimum atomic E-state index is -0.976. The van der Waals surface area contributed by atoms with Crippen LogP contribution in [0, 0.1) is 0 Å². The maximum atomic E-state index is 12.7. The Labute approximate surface area is 182 Å². The topological polar surface area (TPSA) is 81.7 Å². The van der Waals surface area contributed by atoms with E-state index in [0.29, 0.717) is 24.8 Å². The van der Waals surface area contributed by atoms with Crippen molar-refractivity contribution < 1.29 is 14.7 Å². The first kappa shape index (κ1) is 22.6. The fraction of sp³-hybridized carbons (Fsp3) is 0.478. The number of hydrogen-bond donors (Lipinski definition) is 3. The van der Waals surface area contributed by atoms with E-state index in [1.54, 1.807) is 11.8 Å². The third kappa shape index (κ3) is 6.45. The molecule has 2 aromatic rings. The molecule has 1 aliphatic rings. The van der Waals surface area contributed by atoms with Crippen LogP contribution in [0.2, 0.25) is 0 Å². The number of amides is 1. The maximum absolute atomic E-state index is 12.7. The van der Waals surface area contributed by atoms with Gasteiger partial charge in [-0.25, -0.2) is 4.79 Å². The summed E-state index contributed by atoms with van der Waals surface area (Å²) in [7, 11) is 0. The van der Waals surface area contributed by atoms with Crippen LogP contribution < -0.4 is 10.6 Å². The summed E-state index contributed by atoms with van der Waals surface area (Å²) in [6, 6.07) is 14.0. The fourth-order valence-corrected chi connectivity index (χ4v) is 4.49. The lowest BCUT2D eigenvalue weighted by molar-refractivity contribution is -0.142. The van der Waals surface area contributed by atoms with Gasteiger partial charge in [-0.3, -0.25) is 9.69 Å². The van der Waals surface area contributed by atoms with E-state index in [0.717, 1.165) is 25.9 Å². The molecule has 0 bridgehead atoms. The zero-order valence-corrected chi connectivity index (χ0v) is 18.3. The summed E-state index contributed by atoms with van der Waals surface area (Å²) < 4.78 is 0. The van der Waals surface area contributed by atoms with Crippen LogP contribution in [-0.4, -0.2) is 65.6 Å². The highest BCUT2D eigenvalue weighted by atomic mass is 32.2. The van der Waals surface area contributed by atoms with Crippen molar-refractivity contribution in [3.05, 3.63) is 48.0 Å². The summed E-state index contributed by atoms with van der Waals surface area (Å²) in [6.45, 7) is 2.61. The lowest BCUT2D eigenvalue weighted by atomic mass is 10.0. The van der Waals surface area contributed by atoms with Gasteiger partial charge in [0.2, 0.25) is 5.91 Å². The molecular weight excluding hydrogens is 398 g/mol. The molecule has 0 radical (unpaired) electrons. The van der Waals surface area contributed by atoms with Crippen molar-refractivity contribution in [1.29, 1.82) is 0 Å². The van der Waals surface area contributed by atoms with Crippen LogP contribution in [0.15, 0.2) is 42.5 Å². The summed E-state index contributed by atoms with van der Waals surface area (Å²) in [4.78, 5) is 26.3. The summed E-state index contributed by atoms with van der Waals surface area (Å²) in [5, 5.41) is 18.0. The highest BCUT2D eigenvalue weighted by molar-refractivity contribution is 7.98. The first-order valence-corrected chi connectivity index (χ1v) is 11.9. The van der Waals surface area contributed by atoms with Gasteiger partial charge in [0.25, 0.3) is 0 Å². The van der Waals surface area contributed by atoms with Gasteiger partial charge < -0.3 is 15.7 Å². The first-order chi connectivity index (χ1) is 14.6. The molecule has 0 saturated carbocycles. The monoisotopic (exact) mass is 429 g/mol. The molecule has 0 aromatic heterocycles. The summed E-state index contributed by atoms with van der Waals surface area (Å²) in [5.74, 6) is -0.514. The smallest absolute Gasteiger partial charge is 0.326 e. The van der Waals surface area contributed by atoms with Gasteiger partial charge in [-0.15, -0.1) is 0 Å². The second-order valence-electron chi connectivity index (χ2n) is 7.84. The van der Waals surface area contributed by atoms with E-state index in [9.17, 15) is 14.7 Å². The predicted molar refractivity (Wildman–Crippen MR) is 123 cm³/mol. The molecule has 2 atom stereocenters. The number of thioether (sulfide) groups is 1. The Morgan fingerprint density at radius 3 is 2.80 bits per heavy atom. The van der Waals surface area contributed by atoms with Crippen molar-refractivity contribution in [1.82, 2.24) is 15.5 Å². The predicted octanol–water partition coefficient (Wildman–Crippen LogP) is 2.72. The number of benzene rings is 2. The van der Waals surface area contributed by atoms with Gasteiger partial charge in [0.15, 0.2) is 0 Å². The molecule has 0 unspecified atom stereocenters. The number of carboxylic acids is 1. The Bertz CT molecular complexity index is 849. The van der Waals surface area contributed by atoms with Gasteiger partial charge in [-0.05, 0) is 54.2 Å². The molecule has 1 amide bonds. The number of rotatable bonds is 11. The largest absolute Gasteiger partial charge is 0.480 e. The molecular formula is C23H31N3O3S. The Kier molecular flexibility index (Phi) is 8.54. The number of fused-ring (bicyclic) bond motifs is 1. The lowest BCUT2D eigenvalue weighted by Crippen LogP contribution is -2.47. The molecule has 3 N–H and O–H groups in total. The number of hydrogen-bond acceptors (Lipinski definition) is 5. The van der Waals surface area contributed by atoms with Gasteiger partial charge in [0, 0.05) is 19.1 Å². The molecule has 1 heterocycles. The molecule has 2 aromatic carbocycles. The van der Waals surface area contributed by atoms with E-state index in [1.165, 1.54) is 16.3 Å². The van der Waals surface area contributed by atoms with E-state index in [4.69, 9.17) is 0 Å². The summed E-state index contributed by atoms with van der Waals surface area (Å²) in [5.41, 5.74) is 1.18. The highest BCUT2D eigenvalue weighted by Gasteiger charge is 2.23. The van der Waals surface area contributed by atoms with Crippen LogP contribution >= 0.6 is 11.8 Å². The second kappa shape index (κ2) is 11.3. The van der Waals surface area contributed by atoms with Crippen molar-refractivity contribution in [3.63, 3.8) is 0 Å². The van der Waals surface area contributed by atoms with Gasteiger partial charge in [0.05, 0.1) is 6.54 Å². The number of carbonyl (C=O) groups excluding carboxylic acids is 1. The average molecular weight is 430 g/mol. The van der Waals surface area contributed by atoms with Crippen molar-refractivity contribution in [3.8, 4) is 0 Å². The van der Waals surface area contributed by atoms with E-state index in [1.807, 2.05) is 24.5 Å². The third-order valence-corrected chi connectivity index (χ3v) is 6.17. The van der Waals surface area contributed by atoms with Crippen molar-refractivity contribution in [2.24, 2.45) is 0 Å². The van der Waals surface area contributed by atoms with Crippen molar-refractivity contribution >= 4 is 34.4 Å². The fourth-order valence-electron chi connectivity index (χ4n) is 4.02. The normalized spacial score (nSPS) is 17.3. The molecule has 1 aliphatic heterocycles. The number of nitrogens with one attached hydrogen (secondary N) is 2. The van der Waals surface area contributed by atoms with Crippen LogP contribution in [0.5, 0.6) is 0 Å². The highest BCUT2D eigenvalue weighted by Crippen LogP contribution is 2.20. The average Bonchev–Trinajstić information content (AvgIpc) is 3.24. The van der Waals surface area contributed by atoms with Crippen LogP contribution in [0.25, 0.3) is 10.8 Å². The standard InChI is InChI=1S/C23H31N3O3S/c1-30-13-11-21(23(28)29)25-22(27)16-26(15-19-9-5-12-24-19)14-18-8-4-7-17-6-2-3-10-20(17)18/h2-4,6-8,10,19,21,24H,5,9,11-16H2,1H3,(H,25,27)(H,28,29)/t19-,21-/m0/s1. The SMILES string of the molecule is CSCC[C@H](NC(=O)CN(Cc1cccc2ccccc12)C[C@@H]1CCCN1)C(=O)O. The molecule has 1 saturated heterocycles. The van der Waals surface area contributed by atoms with E-state index >= 15 is 0 Å². The summed E-state index contributed by atoms with van der Waals surface area (Å²) >= 11 is 1.58. The molecule has 0 aliphatic carbocycles. The van der Waals surface area contributed by atoms with E-state index in [2.05, 4.69) is 39.8 Å². The minimum absolute atomic E-state index is 0.185. The van der Waals surface area contributed by atoms with E-state index in [-0.39, 0.29) is 12.5 Å². The molecule has 0 spiro atoms. The van der Waals surface area contributed by atoms with Crippen LogP contribution in [0.4, 0.5) is 0 Å².